The summed E-state index contributed by atoms with van der Waals surface area (Å²) < 4.78 is 5.72. The maximum Gasteiger partial charge on any atom is 0.413 e. The maximum absolute atomic E-state index is 13.7. The lowest BCUT2D eigenvalue weighted by Crippen LogP contribution is -2.56. The number of nitrogens with zero attached hydrogens (tertiary/aromatic N) is 2. The summed E-state index contributed by atoms with van der Waals surface area (Å²) in [7, 11) is 1.68. The van der Waals surface area contributed by atoms with Gasteiger partial charge in [0, 0.05) is 23.9 Å². The molecule has 1 aromatic heterocycles. The molecule has 182 valence electrons. The molecule has 2 aromatic rings. The topological polar surface area (TPSA) is 113 Å². The van der Waals surface area contributed by atoms with E-state index < -0.39 is 24.4 Å². The number of aromatic nitrogens is 1. The van der Waals surface area contributed by atoms with Crippen molar-refractivity contribution in [2.45, 2.75) is 59.4 Å². The Bertz CT molecular complexity index is 1070. The number of anilines is 2. The van der Waals surface area contributed by atoms with Crippen LogP contribution < -0.4 is 20.9 Å². The Labute approximate surface area is 200 Å². The van der Waals surface area contributed by atoms with Crippen LogP contribution in [0.15, 0.2) is 36.5 Å². The van der Waals surface area contributed by atoms with Gasteiger partial charge in [0.15, 0.2) is 6.23 Å². The number of likely N-dealkylation sites (N-methyl/N-ethyl adjacent to an activating group) is 1. The average Bonchev–Trinajstić information content (AvgIpc) is 3.16. The highest BCUT2D eigenvalue weighted by Crippen LogP contribution is 2.32. The minimum absolute atomic E-state index is 0.197. The maximum atomic E-state index is 13.7. The number of nitrogens with one attached hydrogen (secondary N) is 3. The number of amides is 3. The highest BCUT2D eigenvalue weighted by atomic mass is 16.6. The Morgan fingerprint density at radius 1 is 1.12 bits per heavy atom. The molecular formula is C25H33N5O4. The fourth-order valence-electron chi connectivity index (χ4n) is 3.79. The first-order valence-corrected chi connectivity index (χ1v) is 11.4. The van der Waals surface area contributed by atoms with Crippen LogP contribution in [0.3, 0.4) is 0 Å². The Morgan fingerprint density at radius 3 is 2.53 bits per heavy atom. The minimum Gasteiger partial charge on any atom is -0.424 e. The number of aryl methyl sites for hydroxylation is 1. The number of carbonyl (C=O) groups is 3. The van der Waals surface area contributed by atoms with Gasteiger partial charge in [-0.3, -0.25) is 19.8 Å². The van der Waals surface area contributed by atoms with E-state index in [1.807, 2.05) is 45.9 Å². The zero-order chi connectivity index (χ0) is 25.0. The van der Waals surface area contributed by atoms with Crippen LogP contribution in [0.5, 0.6) is 0 Å². The molecule has 0 unspecified atom stereocenters. The summed E-state index contributed by atoms with van der Waals surface area (Å²) >= 11 is 0. The minimum atomic E-state index is -0.887. The number of fused-ring (bicyclic) bond motifs is 1. The Morgan fingerprint density at radius 2 is 1.85 bits per heavy atom. The van der Waals surface area contributed by atoms with Crippen LogP contribution >= 0.6 is 0 Å². The normalized spacial score (nSPS) is 16.6. The van der Waals surface area contributed by atoms with Crippen LogP contribution in [0, 0.1) is 19.8 Å². The van der Waals surface area contributed by atoms with Gasteiger partial charge in [0.05, 0.1) is 6.04 Å². The zero-order valence-corrected chi connectivity index (χ0v) is 20.5. The lowest BCUT2D eigenvalue weighted by Gasteiger charge is -2.31. The van der Waals surface area contributed by atoms with Crippen molar-refractivity contribution in [2.75, 3.05) is 17.3 Å². The first-order chi connectivity index (χ1) is 16.1. The number of pyridine rings is 1. The summed E-state index contributed by atoms with van der Waals surface area (Å²) in [6.45, 7) is 9.29. The third-order valence-electron chi connectivity index (χ3n) is 6.16. The van der Waals surface area contributed by atoms with E-state index >= 15 is 0 Å². The number of hydrogen-bond acceptors (Lipinski definition) is 6. The third kappa shape index (κ3) is 5.36. The predicted octanol–water partition coefficient (Wildman–Crippen LogP) is 2.91. The van der Waals surface area contributed by atoms with Crippen LogP contribution in [-0.4, -0.2) is 48.3 Å². The molecule has 0 spiro atoms. The van der Waals surface area contributed by atoms with Crippen molar-refractivity contribution in [2.24, 2.45) is 5.92 Å². The molecule has 0 saturated heterocycles. The number of benzene rings is 1. The van der Waals surface area contributed by atoms with Gasteiger partial charge in [0.2, 0.25) is 5.91 Å². The van der Waals surface area contributed by atoms with E-state index in [1.54, 1.807) is 32.3 Å². The fourth-order valence-corrected chi connectivity index (χ4v) is 3.79. The molecule has 0 saturated carbocycles. The van der Waals surface area contributed by atoms with Crippen molar-refractivity contribution in [1.29, 1.82) is 0 Å². The lowest BCUT2D eigenvalue weighted by molar-refractivity contribution is -0.130. The highest BCUT2D eigenvalue weighted by Gasteiger charge is 2.41. The van der Waals surface area contributed by atoms with Gasteiger partial charge in [-0.05, 0) is 57.0 Å². The number of hydrogen-bond donors (Lipinski definition) is 3. The molecule has 0 aliphatic carbocycles. The van der Waals surface area contributed by atoms with Crippen LogP contribution in [0.1, 0.15) is 37.5 Å². The van der Waals surface area contributed by atoms with Gasteiger partial charge in [-0.15, -0.1) is 0 Å². The van der Waals surface area contributed by atoms with Crippen LogP contribution in [0.25, 0.3) is 0 Å². The first-order valence-electron chi connectivity index (χ1n) is 11.4. The molecule has 3 atom stereocenters. The molecular weight excluding hydrogens is 434 g/mol. The van der Waals surface area contributed by atoms with E-state index in [2.05, 4.69) is 20.9 Å². The van der Waals surface area contributed by atoms with Crippen molar-refractivity contribution in [3.05, 3.63) is 53.2 Å². The van der Waals surface area contributed by atoms with Crippen LogP contribution in [0.2, 0.25) is 0 Å². The smallest absolute Gasteiger partial charge is 0.413 e. The summed E-state index contributed by atoms with van der Waals surface area (Å²) in [5, 5.41) is 8.47. The number of carbonyl (C=O) groups excluding carboxylic acids is 3. The molecule has 0 bridgehead atoms. The van der Waals surface area contributed by atoms with E-state index in [4.69, 9.17) is 4.74 Å². The third-order valence-corrected chi connectivity index (χ3v) is 6.16. The molecule has 1 aliphatic heterocycles. The monoisotopic (exact) mass is 467 g/mol. The van der Waals surface area contributed by atoms with Crippen molar-refractivity contribution < 1.29 is 19.1 Å². The van der Waals surface area contributed by atoms with Crippen LogP contribution in [0.4, 0.5) is 16.3 Å². The molecule has 9 nitrogen and oxygen atoms in total. The number of ether oxygens (including phenoxy) is 1. The van der Waals surface area contributed by atoms with Crippen LogP contribution in [-0.2, 0) is 20.7 Å². The van der Waals surface area contributed by atoms with Crippen molar-refractivity contribution in [3.63, 3.8) is 0 Å². The van der Waals surface area contributed by atoms with Gasteiger partial charge >= 0.3 is 6.09 Å². The summed E-state index contributed by atoms with van der Waals surface area (Å²) in [4.78, 5) is 44.7. The molecule has 9 heteroatoms. The summed E-state index contributed by atoms with van der Waals surface area (Å²) in [6, 6.07) is 7.95. The molecule has 1 aliphatic rings. The van der Waals surface area contributed by atoms with Gasteiger partial charge in [0.25, 0.3) is 5.91 Å². The number of rotatable bonds is 7. The second kappa shape index (κ2) is 10.6. The summed E-state index contributed by atoms with van der Waals surface area (Å²) in [6.07, 6.45) is 0.338. The van der Waals surface area contributed by atoms with Crippen molar-refractivity contribution in [1.82, 2.24) is 15.6 Å². The summed E-state index contributed by atoms with van der Waals surface area (Å²) in [5.41, 5.74) is 3.41. The Balaban J connectivity index is 1.84. The van der Waals surface area contributed by atoms with Gasteiger partial charge < -0.3 is 15.4 Å². The van der Waals surface area contributed by atoms with Gasteiger partial charge in [-0.1, -0.05) is 32.0 Å². The second-order valence-corrected chi connectivity index (χ2v) is 8.87. The zero-order valence-electron chi connectivity index (χ0n) is 20.5. The lowest BCUT2D eigenvalue weighted by atomic mass is 10.0. The Hall–Kier alpha value is -3.46. The molecule has 3 rings (SSSR count). The molecule has 2 heterocycles. The SMILES string of the molecule is CN[C@@H](C)C(=O)N[C@H](C(=O)N1c2ncccc2C[C@@H]1OC(=O)Nc1cccc(C)c1C)C(C)C. The van der Waals surface area contributed by atoms with Crippen molar-refractivity contribution >= 4 is 29.4 Å². The molecule has 0 radical (unpaired) electrons. The fraction of sp³-hybridized carbons (Fsp3) is 0.440. The van der Waals surface area contributed by atoms with Gasteiger partial charge in [0.1, 0.15) is 11.9 Å². The van der Waals surface area contributed by atoms with E-state index in [-0.39, 0.29) is 17.7 Å². The second-order valence-electron chi connectivity index (χ2n) is 8.87. The molecule has 3 N–H and O–H groups in total. The van der Waals surface area contributed by atoms with E-state index in [0.29, 0.717) is 17.9 Å². The van der Waals surface area contributed by atoms with Crippen molar-refractivity contribution in [3.8, 4) is 0 Å². The van der Waals surface area contributed by atoms with E-state index in [1.165, 1.54) is 4.90 Å². The quantitative estimate of drug-likeness (QED) is 0.577. The van der Waals surface area contributed by atoms with E-state index in [0.717, 1.165) is 16.7 Å². The molecule has 1 aromatic carbocycles. The van der Waals surface area contributed by atoms with E-state index in [9.17, 15) is 14.4 Å². The highest BCUT2D eigenvalue weighted by molar-refractivity contribution is 6.01. The largest absolute Gasteiger partial charge is 0.424 e. The predicted molar refractivity (Wildman–Crippen MR) is 131 cm³/mol. The Kier molecular flexibility index (Phi) is 7.88. The summed E-state index contributed by atoms with van der Waals surface area (Å²) in [5.74, 6) is -0.440. The van der Waals surface area contributed by atoms with Gasteiger partial charge in [-0.2, -0.15) is 0 Å². The standard InChI is InChI=1S/C25H33N5O4/c1-14(2)21(29-23(31)17(5)26-6)24(32)30-20(13-18-10-8-12-27-22(18)30)34-25(33)28-19-11-7-9-15(3)16(19)4/h7-12,14,17,20-21,26H,13H2,1-6H3,(H,28,33)(H,29,31)/t17-,20-,21-/m0/s1. The average molecular weight is 468 g/mol. The first kappa shape index (κ1) is 25.2. The van der Waals surface area contributed by atoms with Gasteiger partial charge in [-0.25, -0.2) is 9.78 Å². The molecule has 3 amide bonds. The molecule has 0 fully saturated rings. The molecule has 34 heavy (non-hydrogen) atoms.